The number of ether oxygens (including phenoxy) is 2. The first-order chi connectivity index (χ1) is 8.80. The average Bonchev–Trinajstić information content (AvgIpc) is 2.76. The smallest absolute Gasteiger partial charge is 0.339 e. The largest absolute Gasteiger partial charge is 0.460 e. The van der Waals surface area contributed by atoms with Crippen LogP contribution in [0.2, 0.25) is 0 Å². The van der Waals surface area contributed by atoms with Gasteiger partial charge >= 0.3 is 5.97 Å². The lowest BCUT2D eigenvalue weighted by Crippen LogP contribution is -2.13. The number of primary sulfonamides is 1. The molecule has 0 atom stereocenters. The van der Waals surface area contributed by atoms with Crippen molar-refractivity contribution in [3.8, 4) is 0 Å². The second-order valence-corrected chi connectivity index (χ2v) is 7.00. The van der Waals surface area contributed by atoms with Crippen molar-refractivity contribution in [3.05, 3.63) is 17.0 Å². The fourth-order valence-electron chi connectivity index (χ4n) is 1.17. The van der Waals surface area contributed by atoms with Gasteiger partial charge in [0.25, 0.3) is 0 Å². The zero-order valence-electron chi connectivity index (χ0n) is 10.8. The Balaban J connectivity index is 2.40. The van der Waals surface area contributed by atoms with Crippen LogP contribution in [-0.2, 0) is 19.5 Å². The van der Waals surface area contributed by atoms with Gasteiger partial charge in [-0.15, -0.1) is 11.3 Å². The summed E-state index contributed by atoms with van der Waals surface area (Å²) < 4.78 is 32.2. The van der Waals surface area contributed by atoms with Crippen LogP contribution in [0.1, 0.15) is 24.2 Å². The molecule has 1 aromatic rings. The molecule has 0 aromatic carbocycles. The van der Waals surface area contributed by atoms with Crippen LogP contribution in [0.15, 0.2) is 15.7 Å². The summed E-state index contributed by atoms with van der Waals surface area (Å²) in [5.41, 5.74) is 0.179. The fourth-order valence-corrected chi connectivity index (χ4v) is 2.74. The number of esters is 1. The van der Waals surface area contributed by atoms with E-state index in [1.54, 1.807) is 0 Å². The van der Waals surface area contributed by atoms with Gasteiger partial charge in [-0.2, -0.15) is 0 Å². The van der Waals surface area contributed by atoms with Gasteiger partial charge in [0.2, 0.25) is 10.0 Å². The maximum atomic E-state index is 11.6. The molecule has 1 aromatic heterocycles. The molecule has 0 unspecified atom stereocenters. The van der Waals surface area contributed by atoms with Gasteiger partial charge in [0.1, 0.15) is 10.8 Å². The summed E-state index contributed by atoms with van der Waals surface area (Å²) >= 11 is 0.887. The van der Waals surface area contributed by atoms with Gasteiger partial charge in [-0.3, -0.25) is 0 Å². The van der Waals surface area contributed by atoms with Crippen LogP contribution in [0.4, 0.5) is 0 Å². The van der Waals surface area contributed by atoms with Gasteiger partial charge in [0.05, 0.1) is 12.2 Å². The number of rotatable bonds is 7. The molecule has 1 heterocycles. The van der Waals surface area contributed by atoms with E-state index in [0.717, 1.165) is 11.3 Å². The molecule has 1 rings (SSSR count). The predicted molar refractivity (Wildman–Crippen MR) is 71.6 cm³/mol. The minimum absolute atomic E-state index is 0.0597. The Morgan fingerprint density at radius 2 is 2.11 bits per heavy atom. The third-order valence-electron chi connectivity index (χ3n) is 2.00. The number of hydrogen-bond donors (Lipinski definition) is 1. The van der Waals surface area contributed by atoms with Gasteiger partial charge in [-0.25, -0.2) is 18.4 Å². The molecule has 0 saturated carbocycles. The Kier molecular flexibility index (Phi) is 5.92. The van der Waals surface area contributed by atoms with E-state index in [1.807, 2.05) is 13.8 Å². The summed E-state index contributed by atoms with van der Waals surface area (Å²) in [7, 11) is -3.77. The van der Waals surface area contributed by atoms with Gasteiger partial charge in [-0.1, -0.05) is 13.8 Å². The molecule has 0 fully saturated rings. The molecular weight excluding hydrogens is 290 g/mol. The van der Waals surface area contributed by atoms with E-state index >= 15 is 0 Å². The van der Waals surface area contributed by atoms with Crippen LogP contribution >= 0.6 is 11.3 Å². The van der Waals surface area contributed by atoms with Gasteiger partial charge in [0, 0.05) is 12.0 Å². The molecule has 6 nitrogen and oxygen atoms in total. The zero-order valence-corrected chi connectivity index (χ0v) is 12.4. The van der Waals surface area contributed by atoms with E-state index in [4.69, 9.17) is 14.6 Å². The Labute approximate surface area is 116 Å². The quantitative estimate of drug-likeness (QED) is 0.603. The van der Waals surface area contributed by atoms with Crippen LogP contribution in [0, 0.1) is 5.92 Å². The highest BCUT2D eigenvalue weighted by Gasteiger charge is 2.16. The number of hydrogen-bond acceptors (Lipinski definition) is 6. The lowest BCUT2D eigenvalue weighted by atomic mass is 10.2. The molecule has 8 heteroatoms. The van der Waals surface area contributed by atoms with Crippen molar-refractivity contribution < 1.29 is 22.7 Å². The van der Waals surface area contributed by atoms with Crippen LogP contribution in [0.3, 0.4) is 0 Å². The first kappa shape index (κ1) is 16.1. The lowest BCUT2D eigenvalue weighted by Gasteiger charge is -2.07. The second kappa shape index (κ2) is 6.99. The molecule has 0 spiro atoms. The standard InChI is InChI=1S/C11H17NO5S2/c1-8(2)6-16-3-4-17-11(13)9-5-10(18-7-9)19(12,14)15/h5,7-8H,3-4,6H2,1-2H3,(H2,12,14,15). The SMILES string of the molecule is CC(C)COCCOC(=O)c1csc(S(N)(=O)=O)c1. The molecule has 19 heavy (non-hydrogen) atoms. The Hall–Kier alpha value is -0.960. The number of carbonyl (C=O) groups is 1. The molecule has 0 aliphatic heterocycles. The highest BCUT2D eigenvalue weighted by Crippen LogP contribution is 2.19. The third kappa shape index (κ3) is 5.68. The molecule has 0 aliphatic carbocycles. The maximum absolute atomic E-state index is 11.6. The zero-order chi connectivity index (χ0) is 14.5. The Bertz CT molecular complexity index is 521. The fraction of sp³-hybridized carbons (Fsp3) is 0.545. The van der Waals surface area contributed by atoms with Crippen LogP contribution in [-0.4, -0.2) is 34.2 Å². The summed E-state index contributed by atoms with van der Waals surface area (Å²) in [6, 6.07) is 1.21. The maximum Gasteiger partial charge on any atom is 0.339 e. The van der Waals surface area contributed by atoms with Gasteiger partial charge in [-0.05, 0) is 12.0 Å². The highest BCUT2D eigenvalue weighted by atomic mass is 32.2. The molecular formula is C11H17NO5S2. The highest BCUT2D eigenvalue weighted by molar-refractivity contribution is 7.91. The monoisotopic (exact) mass is 307 g/mol. The van der Waals surface area contributed by atoms with E-state index in [-0.39, 0.29) is 16.4 Å². The summed E-state index contributed by atoms with van der Waals surface area (Å²) in [4.78, 5) is 11.6. The second-order valence-electron chi connectivity index (χ2n) is 4.30. The molecule has 2 N–H and O–H groups in total. The topological polar surface area (TPSA) is 95.7 Å². The van der Waals surface area contributed by atoms with Crippen molar-refractivity contribution >= 4 is 27.3 Å². The number of carbonyl (C=O) groups excluding carboxylic acids is 1. The molecule has 0 saturated heterocycles. The minimum Gasteiger partial charge on any atom is -0.460 e. The average molecular weight is 307 g/mol. The van der Waals surface area contributed by atoms with E-state index in [1.165, 1.54) is 11.4 Å². The Morgan fingerprint density at radius 1 is 1.42 bits per heavy atom. The number of sulfonamides is 1. The van der Waals surface area contributed by atoms with Crippen LogP contribution in [0.5, 0.6) is 0 Å². The van der Waals surface area contributed by atoms with Crippen molar-refractivity contribution in [1.82, 2.24) is 0 Å². The van der Waals surface area contributed by atoms with Crippen LogP contribution < -0.4 is 5.14 Å². The summed E-state index contributed by atoms with van der Waals surface area (Å²) in [6.07, 6.45) is 0. The summed E-state index contributed by atoms with van der Waals surface area (Å²) in [5, 5.41) is 6.35. The molecule has 108 valence electrons. The molecule has 0 radical (unpaired) electrons. The first-order valence-corrected chi connectivity index (χ1v) is 8.09. The number of thiophene rings is 1. The van der Waals surface area contributed by atoms with E-state index < -0.39 is 16.0 Å². The first-order valence-electron chi connectivity index (χ1n) is 5.67. The summed E-state index contributed by atoms with van der Waals surface area (Å²) in [5.74, 6) is -0.163. The minimum atomic E-state index is -3.77. The number of nitrogens with two attached hydrogens (primary N) is 1. The van der Waals surface area contributed by atoms with Crippen LogP contribution in [0.25, 0.3) is 0 Å². The molecule has 0 bridgehead atoms. The third-order valence-corrected chi connectivity index (χ3v) is 4.39. The molecule has 0 amide bonds. The van der Waals surface area contributed by atoms with Gasteiger partial charge < -0.3 is 9.47 Å². The van der Waals surface area contributed by atoms with Gasteiger partial charge in [0.15, 0.2) is 0 Å². The molecule has 0 aliphatic rings. The van der Waals surface area contributed by atoms with Crippen molar-refractivity contribution in [1.29, 1.82) is 0 Å². The van der Waals surface area contributed by atoms with Crippen molar-refractivity contribution in [2.75, 3.05) is 19.8 Å². The van der Waals surface area contributed by atoms with E-state index in [2.05, 4.69) is 0 Å². The summed E-state index contributed by atoms with van der Waals surface area (Å²) in [6.45, 7) is 5.09. The normalized spacial score (nSPS) is 11.8. The predicted octanol–water partition coefficient (Wildman–Crippen LogP) is 1.22. The van der Waals surface area contributed by atoms with Crippen molar-refractivity contribution in [2.45, 2.75) is 18.1 Å². The Morgan fingerprint density at radius 3 is 2.63 bits per heavy atom. The van der Waals surface area contributed by atoms with Crippen molar-refractivity contribution in [3.63, 3.8) is 0 Å². The lowest BCUT2D eigenvalue weighted by molar-refractivity contribution is 0.0278. The van der Waals surface area contributed by atoms with E-state index in [0.29, 0.717) is 19.1 Å². The van der Waals surface area contributed by atoms with Crippen molar-refractivity contribution in [2.24, 2.45) is 11.1 Å². The van der Waals surface area contributed by atoms with E-state index in [9.17, 15) is 13.2 Å².